The van der Waals surface area contributed by atoms with Gasteiger partial charge in [-0.2, -0.15) is 18.4 Å². The van der Waals surface area contributed by atoms with Gasteiger partial charge >= 0.3 is 6.18 Å². The molecule has 1 unspecified atom stereocenters. The molecule has 1 aliphatic rings. The van der Waals surface area contributed by atoms with Crippen LogP contribution in [0.15, 0.2) is 29.5 Å². The molecule has 0 aromatic carbocycles. The fraction of sp³-hybridized carbons (Fsp3) is 0.250. The van der Waals surface area contributed by atoms with Crippen LogP contribution in [0.1, 0.15) is 29.2 Å². The number of H-pyrrole nitrogens is 1. The molecule has 0 saturated heterocycles. The molecule has 1 aromatic rings. The average molecular weight is 273 g/mol. The zero-order valence-corrected chi connectivity index (χ0v) is 9.81. The highest BCUT2D eigenvalue weighted by atomic mass is 35.5. The summed E-state index contributed by atoms with van der Waals surface area (Å²) in [7, 11) is 0. The van der Waals surface area contributed by atoms with Crippen LogP contribution in [0.25, 0.3) is 0 Å². The molecule has 1 heterocycles. The number of hydrogen-bond donors (Lipinski definition) is 1. The highest BCUT2D eigenvalue weighted by Gasteiger charge is 2.38. The quantitative estimate of drug-likeness (QED) is 0.822. The number of rotatable bonds is 1. The van der Waals surface area contributed by atoms with Gasteiger partial charge in [-0.05, 0) is 12.5 Å². The van der Waals surface area contributed by atoms with Crippen LogP contribution in [0.2, 0.25) is 0 Å². The molecule has 0 amide bonds. The summed E-state index contributed by atoms with van der Waals surface area (Å²) in [5.41, 5.74) is -0.856. The SMILES string of the molecule is N#Cc1c[nH]c(C(F)(F)F)c1C1C=CC(Cl)=CC1. The molecule has 0 fully saturated rings. The second-order valence-electron chi connectivity index (χ2n) is 3.89. The number of nitriles is 1. The summed E-state index contributed by atoms with van der Waals surface area (Å²) >= 11 is 5.73. The van der Waals surface area contributed by atoms with Crippen LogP contribution < -0.4 is 0 Å². The minimum atomic E-state index is -4.50. The number of nitrogens with zero attached hydrogens (tertiary/aromatic N) is 1. The lowest BCUT2D eigenvalue weighted by Gasteiger charge is -2.17. The van der Waals surface area contributed by atoms with Gasteiger partial charge in [0.1, 0.15) is 11.8 Å². The van der Waals surface area contributed by atoms with Crippen LogP contribution in [0.3, 0.4) is 0 Å². The highest BCUT2D eigenvalue weighted by Crippen LogP contribution is 2.39. The molecular formula is C12H8ClF3N2. The Morgan fingerprint density at radius 2 is 2.17 bits per heavy atom. The Morgan fingerprint density at radius 1 is 1.44 bits per heavy atom. The van der Waals surface area contributed by atoms with Crippen LogP contribution in [-0.4, -0.2) is 4.98 Å². The van der Waals surface area contributed by atoms with Gasteiger partial charge in [0, 0.05) is 22.7 Å². The lowest BCUT2D eigenvalue weighted by Crippen LogP contribution is -2.12. The maximum Gasteiger partial charge on any atom is 0.431 e. The van der Waals surface area contributed by atoms with Gasteiger partial charge in [0.2, 0.25) is 0 Å². The summed E-state index contributed by atoms with van der Waals surface area (Å²) in [5, 5.41) is 9.37. The first-order valence-corrected chi connectivity index (χ1v) is 5.53. The van der Waals surface area contributed by atoms with Gasteiger partial charge < -0.3 is 4.98 Å². The summed E-state index contributed by atoms with van der Waals surface area (Å²) < 4.78 is 38.5. The monoisotopic (exact) mass is 272 g/mol. The van der Waals surface area contributed by atoms with Gasteiger partial charge in [-0.3, -0.25) is 0 Å². The number of nitrogens with one attached hydrogen (secondary N) is 1. The third kappa shape index (κ3) is 2.29. The number of hydrogen-bond acceptors (Lipinski definition) is 1. The van der Waals surface area contributed by atoms with E-state index in [4.69, 9.17) is 16.9 Å². The lowest BCUT2D eigenvalue weighted by atomic mass is 9.90. The van der Waals surface area contributed by atoms with Gasteiger partial charge in [0.15, 0.2) is 0 Å². The minimum Gasteiger partial charge on any atom is -0.356 e. The summed E-state index contributed by atoms with van der Waals surface area (Å²) in [6.07, 6.45) is 1.71. The van der Waals surface area contributed by atoms with Crippen molar-refractivity contribution in [3.63, 3.8) is 0 Å². The first-order chi connectivity index (χ1) is 8.43. The van der Waals surface area contributed by atoms with Crippen molar-refractivity contribution < 1.29 is 13.2 Å². The smallest absolute Gasteiger partial charge is 0.356 e. The van der Waals surface area contributed by atoms with E-state index in [1.54, 1.807) is 24.3 Å². The molecule has 94 valence electrons. The molecule has 1 aliphatic carbocycles. The first kappa shape index (κ1) is 12.8. The fourth-order valence-corrected chi connectivity index (χ4v) is 2.12. The lowest BCUT2D eigenvalue weighted by molar-refractivity contribution is -0.141. The van der Waals surface area contributed by atoms with Crippen LogP contribution in [0, 0.1) is 11.3 Å². The average Bonchev–Trinajstić information content (AvgIpc) is 2.73. The molecule has 1 atom stereocenters. The van der Waals surface area contributed by atoms with Crippen LogP contribution in [0.5, 0.6) is 0 Å². The van der Waals surface area contributed by atoms with E-state index in [0.29, 0.717) is 11.5 Å². The number of allylic oxidation sites excluding steroid dienone is 4. The van der Waals surface area contributed by atoms with E-state index >= 15 is 0 Å². The van der Waals surface area contributed by atoms with E-state index in [1.807, 2.05) is 0 Å². The normalized spacial score (nSPS) is 19.5. The van der Waals surface area contributed by atoms with E-state index in [9.17, 15) is 13.2 Å². The zero-order valence-electron chi connectivity index (χ0n) is 9.05. The molecule has 1 aromatic heterocycles. The first-order valence-electron chi connectivity index (χ1n) is 5.16. The third-order valence-corrected chi connectivity index (χ3v) is 3.03. The van der Waals surface area contributed by atoms with Crippen molar-refractivity contribution in [3.8, 4) is 6.07 Å². The number of alkyl halides is 3. The minimum absolute atomic E-state index is 0.0123. The number of aromatic amines is 1. The Balaban J connectivity index is 2.47. The topological polar surface area (TPSA) is 39.6 Å². The van der Waals surface area contributed by atoms with Crippen molar-refractivity contribution in [2.45, 2.75) is 18.5 Å². The Bertz CT molecular complexity index is 561. The second kappa shape index (κ2) is 4.54. The maximum absolute atomic E-state index is 12.8. The Labute approximate surface area is 106 Å². The fourth-order valence-electron chi connectivity index (χ4n) is 1.95. The van der Waals surface area contributed by atoms with Gasteiger partial charge in [-0.1, -0.05) is 23.8 Å². The van der Waals surface area contributed by atoms with E-state index in [-0.39, 0.29) is 11.1 Å². The predicted molar refractivity (Wildman–Crippen MR) is 60.9 cm³/mol. The van der Waals surface area contributed by atoms with E-state index in [1.165, 1.54) is 0 Å². The van der Waals surface area contributed by atoms with Gasteiger partial charge in [0.05, 0.1) is 5.56 Å². The zero-order chi connectivity index (χ0) is 13.3. The van der Waals surface area contributed by atoms with Crippen molar-refractivity contribution in [2.75, 3.05) is 0 Å². The maximum atomic E-state index is 12.8. The largest absolute Gasteiger partial charge is 0.431 e. The predicted octanol–water partition coefficient (Wildman–Crippen LogP) is 4.07. The van der Waals surface area contributed by atoms with Crippen LogP contribution in [0.4, 0.5) is 13.2 Å². The third-order valence-electron chi connectivity index (χ3n) is 2.75. The van der Waals surface area contributed by atoms with E-state index in [0.717, 1.165) is 6.20 Å². The van der Waals surface area contributed by atoms with Gasteiger partial charge in [-0.25, -0.2) is 0 Å². The second-order valence-corrected chi connectivity index (χ2v) is 4.33. The van der Waals surface area contributed by atoms with Crippen molar-refractivity contribution in [1.29, 1.82) is 5.26 Å². The summed E-state index contributed by atoms with van der Waals surface area (Å²) in [5.74, 6) is -0.481. The van der Waals surface area contributed by atoms with Gasteiger partial charge in [-0.15, -0.1) is 0 Å². The van der Waals surface area contributed by atoms with Crippen molar-refractivity contribution in [2.24, 2.45) is 0 Å². The molecule has 0 radical (unpaired) electrons. The molecule has 2 nitrogen and oxygen atoms in total. The summed E-state index contributed by atoms with van der Waals surface area (Å²) in [6, 6.07) is 1.78. The Kier molecular flexibility index (Phi) is 3.22. The van der Waals surface area contributed by atoms with Crippen molar-refractivity contribution in [1.82, 2.24) is 4.98 Å². The summed E-state index contributed by atoms with van der Waals surface area (Å²) in [6.45, 7) is 0. The van der Waals surface area contributed by atoms with Crippen LogP contribution in [-0.2, 0) is 6.18 Å². The molecule has 0 bridgehead atoms. The number of aromatic nitrogens is 1. The van der Waals surface area contributed by atoms with E-state index < -0.39 is 17.8 Å². The molecule has 0 saturated carbocycles. The molecule has 0 spiro atoms. The van der Waals surface area contributed by atoms with Crippen LogP contribution >= 0.6 is 11.6 Å². The van der Waals surface area contributed by atoms with Crippen molar-refractivity contribution in [3.05, 3.63) is 46.3 Å². The molecule has 1 N–H and O–H groups in total. The molecular weight excluding hydrogens is 265 g/mol. The van der Waals surface area contributed by atoms with Gasteiger partial charge in [0.25, 0.3) is 0 Å². The Morgan fingerprint density at radius 3 is 2.67 bits per heavy atom. The molecule has 18 heavy (non-hydrogen) atoms. The standard InChI is InChI=1S/C12H8ClF3N2/c13-9-3-1-7(2-4-9)10-8(5-17)6-18-11(10)12(14,15)16/h1,3-4,6-7,18H,2H2. The van der Waals surface area contributed by atoms with E-state index in [2.05, 4.69) is 4.98 Å². The highest BCUT2D eigenvalue weighted by molar-refractivity contribution is 6.31. The molecule has 6 heteroatoms. The summed E-state index contributed by atoms with van der Waals surface area (Å²) in [4.78, 5) is 2.14. The molecule has 2 rings (SSSR count). The van der Waals surface area contributed by atoms with Crippen molar-refractivity contribution >= 4 is 11.6 Å². The number of halogens is 4. The Hall–Kier alpha value is -1.67. The molecule has 0 aliphatic heterocycles.